The Morgan fingerprint density at radius 1 is 0.400 bits per heavy atom. The molecule has 8 heterocycles. The number of carbonyl (C=O) groups excluding carboxylic acids is 2. The number of benzene rings is 3. The highest BCUT2D eigenvalue weighted by Crippen LogP contribution is 2.75. The van der Waals surface area contributed by atoms with Crippen molar-refractivity contribution in [2.75, 3.05) is 26.2 Å². The fourth-order valence-electron chi connectivity index (χ4n) is 11.3. The van der Waals surface area contributed by atoms with Crippen LogP contribution in [0.25, 0.3) is 0 Å². The van der Waals surface area contributed by atoms with E-state index in [4.69, 9.17) is 0 Å². The average Bonchev–Trinajstić information content (AvgIpc) is 4.11. The third-order valence-electron chi connectivity index (χ3n) is 14.1. The van der Waals surface area contributed by atoms with E-state index in [0.29, 0.717) is 48.4 Å². The Kier molecular flexibility index (Phi) is 13.7. The first-order valence-electron chi connectivity index (χ1n) is 24.7. The number of carbonyl (C=O) groups is 4. The number of hydrogen-bond acceptors (Lipinski definition) is 18. The number of piperazine rings is 1. The zero-order valence-corrected chi connectivity index (χ0v) is 54.5. The summed E-state index contributed by atoms with van der Waals surface area (Å²) in [5.74, 6) is -2.54. The highest BCUT2D eigenvalue weighted by molar-refractivity contribution is 8.23. The smallest absolute Gasteiger partial charge is 0.338 e. The molecule has 3 aromatic rings. The van der Waals surface area contributed by atoms with Crippen LogP contribution in [0.5, 0.6) is 0 Å². The maximum atomic E-state index is 15.8. The summed E-state index contributed by atoms with van der Waals surface area (Å²) in [4.78, 5) is 72.4. The number of carboxylic acid groups (broad SMARTS) is 2. The van der Waals surface area contributed by atoms with Crippen molar-refractivity contribution < 1.29 is 34.6 Å². The first-order valence-corrected chi connectivity index (χ1v) is 34.5. The fraction of sp³-hybridized carbons (Fsp3) is 0.547. The van der Waals surface area contributed by atoms with Crippen molar-refractivity contribution in [3.05, 3.63) is 45.0 Å². The number of carboxylic acids is 2. The van der Waals surface area contributed by atoms with E-state index in [1.807, 2.05) is 43.6 Å². The Balaban J connectivity index is 1.18. The monoisotopic (exact) mass is 1240 g/mol. The molecule has 8 aliphatic rings. The summed E-state index contributed by atoms with van der Waals surface area (Å²) >= 11 is 20.5. The number of rotatable bonds is 7. The fourth-order valence-corrected chi connectivity index (χ4v) is 29.2. The van der Waals surface area contributed by atoms with Gasteiger partial charge >= 0.3 is 11.9 Å². The molecule has 8 aliphatic heterocycles. The van der Waals surface area contributed by atoms with E-state index >= 15 is 4.79 Å². The number of thioether (sulfide) groups is 12. The van der Waals surface area contributed by atoms with Gasteiger partial charge in [-0.15, -0.1) is 141 Å². The Bertz CT molecular complexity index is 2940. The van der Waals surface area contributed by atoms with Crippen molar-refractivity contribution in [1.82, 2.24) is 14.9 Å². The summed E-state index contributed by atoms with van der Waals surface area (Å²) in [5.41, 5.74) is 3.66. The minimum Gasteiger partial charge on any atom is -0.478 e. The van der Waals surface area contributed by atoms with Crippen LogP contribution >= 0.6 is 141 Å². The zero-order valence-electron chi connectivity index (χ0n) is 44.7. The van der Waals surface area contributed by atoms with Crippen molar-refractivity contribution in [2.24, 2.45) is 0 Å². The summed E-state index contributed by atoms with van der Waals surface area (Å²) in [6.07, 6.45) is 1.86. The number of amides is 2. The molecule has 3 aromatic carbocycles. The largest absolute Gasteiger partial charge is 0.478 e. The molecule has 0 unspecified atom stereocenters. The van der Waals surface area contributed by atoms with Gasteiger partial charge in [0.15, 0.2) is 0 Å². The van der Waals surface area contributed by atoms with Crippen molar-refractivity contribution in [2.45, 2.75) is 211 Å². The van der Waals surface area contributed by atoms with Crippen LogP contribution in [0.3, 0.4) is 0 Å². The third-order valence-corrected chi connectivity index (χ3v) is 31.2. The van der Waals surface area contributed by atoms with E-state index in [1.54, 1.807) is 141 Å². The van der Waals surface area contributed by atoms with Gasteiger partial charge in [0, 0.05) is 96.4 Å². The molecule has 75 heavy (non-hydrogen) atoms. The van der Waals surface area contributed by atoms with Crippen LogP contribution in [0.4, 0.5) is 0 Å². The molecular weight excluding hydrogens is 1180 g/mol. The van der Waals surface area contributed by atoms with Gasteiger partial charge in [0.1, 0.15) is 0 Å². The molecule has 0 aliphatic carbocycles. The van der Waals surface area contributed by atoms with Crippen LogP contribution in [0.1, 0.15) is 164 Å². The highest BCUT2D eigenvalue weighted by atomic mass is 32.2. The van der Waals surface area contributed by atoms with Gasteiger partial charge in [0.25, 0.3) is 11.8 Å². The van der Waals surface area contributed by atoms with Crippen LogP contribution < -0.4 is 0 Å². The van der Waals surface area contributed by atoms with Crippen LogP contribution in [-0.4, -0.2) is 116 Å². The maximum absolute atomic E-state index is 15.8. The van der Waals surface area contributed by atoms with Gasteiger partial charge in [-0.1, -0.05) is 6.08 Å². The first kappa shape index (κ1) is 56.3. The van der Waals surface area contributed by atoms with Crippen LogP contribution in [0.15, 0.2) is 70.4 Å². The molecule has 3 N–H and O–H groups in total. The quantitative estimate of drug-likeness (QED) is 0.193. The van der Waals surface area contributed by atoms with Crippen molar-refractivity contribution in [3.63, 3.8) is 0 Å². The van der Waals surface area contributed by atoms with Gasteiger partial charge in [-0.05, 0) is 127 Å². The van der Waals surface area contributed by atoms with Gasteiger partial charge in [0.05, 0.1) is 52.2 Å². The Hall–Kier alpha value is -0.600. The molecule has 1 saturated heterocycles. The first-order chi connectivity index (χ1) is 34.4. The summed E-state index contributed by atoms with van der Waals surface area (Å²) in [6, 6.07) is 0. The van der Waals surface area contributed by atoms with Crippen LogP contribution in [-0.2, 0) is 4.79 Å². The lowest BCUT2D eigenvalue weighted by molar-refractivity contribution is -0.186. The van der Waals surface area contributed by atoms with Gasteiger partial charge in [0.2, 0.25) is 0 Å². The van der Waals surface area contributed by atoms with Gasteiger partial charge < -0.3 is 25.2 Å². The second-order valence-electron chi connectivity index (χ2n) is 23.6. The number of nitrogens with zero attached hydrogens (tertiary/aromatic N) is 3. The van der Waals surface area contributed by atoms with Crippen molar-refractivity contribution in [1.29, 1.82) is 0 Å². The van der Waals surface area contributed by atoms with E-state index in [1.165, 1.54) is 5.06 Å². The molecule has 22 heteroatoms. The lowest BCUT2D eigenvalue weighted by Crippen LogP contribution is -2.54. The van der Waals surface area contributed by atoms with E-state index in [-0.39, 0.29) is 20.0 Å². The molecule has 10 nitrogen and oxygen atoms in total. The standard InChI is InChI=1S/C53H61N3O7S12/c1-46(2)21-22(47(3,4)56(46)63)42(57)54-17-19-55(20-18-54)43(58)27-36-30(64-48(5,6)70-36)24(31-37(27)71-49(7,8)65-31)23(25-32-38(72-50(9,10)66-32)28(44(59)60)39-33(25)67-51(11,12)73-39)26-34-40(74-52(13,14)68-34)29(45(61)62)41-35(26)69-53(15,16)75-41/h21,23,63H,17-20H2,1-16H3,(H,59,60)(H,61,62). The predicted molar refractivity (Wildman–Crippen MR) is 321 cm³/mol. The topological polar surface area (TPSA) is 139 Å². The second-order valence-corrected chi connectivity index (χ2v) is 44.8. The Morgan fingerprint density at radius 2 is 0.640 bits per heavy atom. The SMILES string of the molecule is CC1(C)Sc2c(c(C(c3c4c(c(C(=O)O)c5c3SC(C)(C)S5)SC(C)(C)S4)c3c4c(c(C(=O)N5CCN(C(=O)C6=CC(C)(C)N(O)C6(C)C)CC5)c5c3SC(C)(C)S5)SC(C)(C)S4)c3c(c2C(=O)O)SC(C)(C)S3)S1. The number of hydrogen-bond donors (Lipinski definition) is 3. The minimum absolute atomic E-state index is 0.0533. The lowest BCUT2D eigenvalue weighted by atomic mass is 9.83. The van der Waals surface area contributed by atoms with Gasteiger partial charge in [-0.3, -0.25) is 9.59 Å². The number of fused-ring (bicyclic) bond motifs is 6. The minimum atomic E-state index is -0.935. The summed E-state index contributed by atoms with van der Waals surface area (Å²) in [5, 5.41) is 34.9. The third kappa shape index (κ3) is 9.32. The van der Waals surface area contributed by atoms with E-state index < -0.39 is 45.3 Å². The number of hydroxylamine groups is 2. The summed E-state index contributed by atoms with van der Waals surface area (Å²) in [7, 11) is 0. The maximum Gasteiger partial charge on any atom is 0.338 e. The van der Waals surface area contributed by atoms with E-state index in [9.17, 15) is 29.8 Å². The molecule has 0 saturated carbocycles. The zero-order chi connectivity index (χ0) is 54.6. The highest BCUT2D eigenvalue weighted by Gasteiger charge is 2.55. The Labute approximate surface area is 491 Å². The summed E-state index contributed by atoms with van der Waals surface area (Å²) in [6.45, 7) is 35.2. The van der Waals surface area contributed by atoms with E-state index in [0.717, 1.165) is 75.4 Å². The molecular formula is C53H61N3O7S12. The molecule has 0 atom stereocenters. The summed E-state index contributed by atoms with van der Waals surface area (Å²) < 4.78 is -2.34. The lowest BCUT2D eigenvalue weighted by Gasteiger charge is -2.39. The van der Waals surface area contributed by atoms with Crippen molar-refractivity contribution >= 4 is 165 Å². The molecule has 402 valence electrons. The predicted octanol–water partition coefficient (Wildman–Crippen LogP) is 16.3. The molecule has 2 amide bonds. The molecule has 11 rings (SSSR count). The molecule has 0 bridgehead atoms. The molecule has 0 radical (unpaired) electrons. The van der Waals surface area contributed by atoms with Crippen LogP contribution in [0, 0.1) is 0 Å². The molecule has 0 aromatic heterocycles. The molecule has 1 fully saturated rings. The normalized spacial score (nSPS) is 24.2. The van der Waals surface area contributed by atoms with Crippen molar-refractivity contribution in [3.8, 4) is 0 Å². The van der Waals surface area contributed by atoms with Gasteiger partial charge in [-0.25, -0.2) is 9.59 Å². The van der Waals surface area contributed by atoms with E-state index in [2.05, 4.69) is 83.1 Å². The molecule has 0 spiro atoms. The second kappa shape index (κ2) is 18.2. The average molecular weight is 1240 g/mol. The number of aromatic carboxylic acids is 2. The van der Waals surface area contributed by atoms with Crippen LogP contribution in [0.2, 0.25) is 0 Å². The van der Waals surface area contributed by atoms with Gasteiger partial charge in [-0.2, -0.15) is 5.06 Å². The Morgan fingerprint density at radius 3 is 0.880 bits per heavy atom.